The number of aliphatic hydroxyl groups is 2. The zero-order chi connectivity index (χ0) is 24.4. The lowest BCUT2D eigenvalue weighted by molar-refractivity contribution is -0.167. The summed E-state index contributed by atoms with van der Waals surface area (Å²) in [6, 6.07) is 0.0620. The fourth-order valence-electron chi connectivity index (χ4n) is 6.11. The molecule has 2 amide bonds. The lowest BCUT2D eigenvalue weighted by Crippen LogP contribution is -2.55. The number of likely N-dealkylation sites (N-methyl/N-ethyl adjacent to an activating group) is 1. The van der Waals surface area contributed by atoms with Gasteiger partial charge in [0.2, 0.25) is 11.8 Å². The summed E-state index contributed by atoms with van der Waals surface area (Å²) < 4.78 is 6.16. The molecule has 0 bridgehead atoms. The van der Waals surface area contributed by atoms with E-state index in [1.165, 1.54) is 0 Å². The van der Waals surface area contributed by atoms with Gasteiger partial charge in [-0.05, 0) is 51.6 Å². The maximum atomic E-state index is 13.7. The predicted molar refractivity (Wildman–Crippen MR) is 129 cm³/mol. The Morgan fingerprint density at radius 3 is 2.59 bits per heavy atom. The molecule has 8 atom stereocenters. The molecule has 3 N–H and O–H groups in total. The average Bonchev–Trinajstić information content (AvgIpc) is 3.50. The van der Waals surface area contributed by atoms with Crippen molar-refractivity contribution in [2.45, 2.75) is 69.8 Å². The van der Waals surface area contributed by atoms with Crippen LogP contribution in [0.2, 0.25) is 0 Å². The van der Waals surface area contributed by atoms with Crippen LogP contribution >= 0.6 is 0 Å². The molecule has 4 fully saturated rings. The van der Waals surface area contributed by atoms with Crippen LogP contribution in [-0.2, 0) is 14.3 Å². The van der Waals surface area contributed by atoms with Gasteiger partial charge in [0, 0.05) is 56.6 Å². The zero-order valence-electron chi connectivity index (χ0n) is 20.9. The van der Waals surface area contributed by atoms with Gasteiger partial charge in [0.05, 0.1) is 24.2 Å². The quantitative estimate of drug-likeness (QED) is 0.451. The maximum Gasteiger partial charge on any atom is 0.243 e. The maximum absolute atomic E-state index is 13.7. The van der Waals surface area contributed by atoms with Crippen LogP contribution in [0.1, 0.15) is 45.4 Å². The summed E-state index contributed by atoms with van der Waals surface area (Å²) in [5.41, 5.74) is 0. The van der Waals surface area contributed by atoms with Crippen molar-refractivity contribution in [1.29, 1.82) is 0 Å². The number of aliphatic hydroxyl groups excluding tert-OH is 2. The molecule has 1 aliphatic heterocycles. The van der Waals surface area contributed by atoms with E-state index in [4.69, 9.17) is 4.74 Å². The Bertz CT molecular complexity index is 755. The van der Waals surface area contributed by atoms with Crippen LogP contribution in [0.3, 0.4) is 0 Å². The monoisotopic (exact) mass is 477 g/mol. The summed E-state index contributed by atoms with van der Waals surface area (Å²) in [6.45, 7) is 4.51. The molecule has 192 valence electrons. The molecule has 8 nitrogen and oxygen atoms in total. The summed E-state index contributed by atoms with van der Waals surface area (Å²) in [4.78, 5) is 30.1. The van der Waals surface area contributed by atoms with Gasteiger partial charge in [-0.25, -0.2) is 0 Å². The van der Waals surface area contributed by atoms with E-state index < -0.39 is 24.2 Å². The Kier molecular flexibility index (Phi) is 8.33. The van der Waals surface area contributed by atoms with Gasteiger partial charge in [-0.3, -0.25) is 9.59 Å². The van der Waals surface area contributed by atoms with E-state index in [1.54, 1.807) is 6.08 Å². The van der Waals surface area contributed by atoms with E-state index in [0.717, 1.165) is 32.1 Å². The van der Waals surface area contributed by atoms with E-state index in [1.807, 2.05) is 36.9 Å². The van der Waals surface area contributed by atoms with Crippen molar-refractivity contribution in [2.24, 2.45) is 29.6 Å². The Labute approximate surface area is 203 Å². The molecule has 3 aliphatic carbocycles. The van der Waals surface area contributed by atoms with Crippen LogP contribution < -0.4 is 5.32 Å². The number of carbonyl (C=O) groups excluding carboxylic acids is 2. The van der Waals surface area contributed by atoms with Gasteiger partial charge in [0.15, 0.2) is 0 Å². The molecule has 0 radical (unpaired) electrons. The number of hydrogen-bond donors (Lipinski definition) is 3. The number of nitrogens with zero attached hydrogens (tertiary/aromatic N) is 2. The van der Waals surface area contributed by atoms with Crippen LogP contribution in [0.15, 0.2) is 12.2 Å². The van der Waals surface area contributed by atoms with Crippen LogP contribution in [-0.4, -0.2) is 96.5 Å². The molecule has 1 heterocycles. The third kappa shape index (κ3) is 6.01. The van der Waals surface area contributed by atoms with Crippen LogP contribution in [0.25, 0.3) is 0 Å². The number of fused-ring (bicyclic) bond motifs is 1. The smallest absolute Gasteiger partial charge is 0.243 e. The zero-order valence-corrected chi connectivity index (χ0v) is 20.9. The highest BCUT2D eigenvalue weighted by Gasteiger charge is 2.50. The summed E-state index contributed by atoms with van der Waals surface area (Å²) in [7, 11) is 3.93. The number of nitrogens with one attached hydrogen (secondary N) is 1. The first-order valence-electron chi connectivity index (χ1n) is 13.1. The molecule has 1 saturated heterocycles. The first-order valence-corrected chi connectivity index (χ1v) is 13.1. The van der Waals surface area contributed by atoms with Gasteiger partial charge in [0.25, 0.3) is 0 Å². The van der Waals surface area contributed by atoms with Crippen molar-refractivity contribution in [2.75, 3.05) is 40.3 Å². The number of carbonyl (C=O) groups is 2. The van der Waals surface area contributed by atoms with Gasteiger partial charge in [-0.2, -0.15) is 0 Å². The van der Waals surface area contributed by atoms with Crippen molar-refractivity contribution < 1.29 is 24.5 Å². The van der Waals surface area contributed by atoms with Gasteiger partial charge >= 0.3 is 0 Å². The molecule has 8 unspecified atom stereocenters. The van der Waals surface area contributed by atoms with Gasteiger partial charge in [-0.15, -0.1) is 0 Å². The van der Waals surface area contributed by atoms with Crippen LogP contribution in [0.5, 0.6) is 0 Å². The van der Waals surface area contributed by atoms with E-state index in [2.05, 4.69) is 5.32 Å². The Hall–Kier alpha value is -1.48. The molecular formula is C26H43N3O5. The van der Waals surface area contributed by atoms with Gasteiger partial charge in [-0.1, -0.05) is 19.4 Å². The SMILES string of the molecule is CC1C(O)CC(O)C(C(=O)N2CC3CCCC(NC(=O)/C=C/CN(C)C)C3C2)C1OCC1CC1. The highest BCUT2D eigenvalue weighted by atomic mass is 16.5. The fourth-order valence-corrected chi connectivity index (χ4v) is 6.11. The fraction of sp³-hybridized carbons (Fsp3) is 0.846. The Morgan fingerprint density at radius 1 is 1.12 bits per heavy atom. The molecular weight excluding hydrogens is 434 g/mol. The highest BCUT2D eigenvalue weighted by molar-refractivity contribution is 5.87. The number of likely N-dealkylation sites (tertiary alicyclic amines) is 1. The third-order valence-corrected chi connectivity index (χ3v) is 8.36. The minimum atomic E-state index is -0.900. The van der Waals surface area contributed by atoms with Crippen LogP contribution in [0, 0.1) is 29.6 Å². The summed E-state index contributed by atoms with van der Waals surface area (Å²) in [5.74, 6) is 0.182. The molecule has 8 heteroatoms. The minimum absolute atomic E-state index is 0.0580. The molecule has 0 aromatic carbocycles. The van der Waals surface area contributed by atoms with E-state index in [9.17, 15) is 19.8 Å². The Morgan fingerprint density at radius 2 is 1.88 bits per heavy atom. The first-order chi connectivity index (χ1) is 16.2. The molecule has 4 rings (SSSR count). The van der Waals surface area contributed by atoms with Crippen LogP contribution in [0.4, 0.5) is 0 Å². The summed E-state index contributed by atoms with van der Waals surface area (Å²) in [6.07, 6.45) is 6.97. The third-order valence-electron chi connectivity index (χ3n) is 8.36. The van der Waals surface area contributed by atoms with Crippen molar-refractivity contribution >= 4 is 11.8 Å². The predicted octanol–water partition coefficient (Wildman–Crippen LogP) is 1.02. The average molecular weight is 478 g/mol. The second kappa shape index (κ2) is 11.1. The molecule has 34 heavy (non-hydrogen) atoms. The highest BCUT2D eigenvalue weighted by Crippen LogP contribution is 2.40. The number of ether oxygens (including phenoxy) is 1. The molecule has 0 spiro atoms. The minimum Gasteiger partial charge on any atom is -0.393 e. The van der Waals surface area contributed by atoms with Gasteiger partial charge < -0.3 is 30.1 Å². The molecule has 3 saturated carbocycles. The standard InChI is InChI=1S/C26H43N3O5/c1-16-21(30)12-22(31)24(25(16)34-15-17-9-10-17)26(33)29-13-18-6-4-7-20(19(18)14-29)27-23(32)8-5-11-28(2)3/h5,8,16-22,24-25,30-31H,4,6-7,9-15H2,1-3H3,(H,27,32)/b8-5+. The van der Waals surface area contributed by atoms with E-state index >= 15 is 0 Å². The van der Waals surface area contributed by atoms with E-state index in [0.29, 0.717) is 38.1 Å². The Balaban J connectivity index is 1.40. The van der Waals surface area contributed by atoms with Crippen molar-refractivity contribution in [3.8, 4) is 0 Å². The summed E-state index contributed by atoms with van der Waals surface area (Å²) >= 11 is 0. The molecule has 0 aromatic heterocycles. The largest absolute Gasteiger partial charge is 0.393 e. The lowest BCUT2D eigenvalue weighted by Gasteiger charge is -2.42. The van der Waals surface area contributed by atoms with Crippen molar-refractivity contribution in [1.82, 2.24) is 15.1 Å². The number of amides is 2. The topological polar surface area (TPSA) is 102 Å². The van der Waals surface area contributed by atoms with Crippen molar-refractivity contribution in [3.63, 3.8) is 0 Å². The summed E-state index contributed by atoms with van der Waals surface area (Å²) in [5, 5.41) is 24.4. The molecule has 4 aliphatic rings. The second-order valence-electron chi connectivity index (χ2n) is 11.4. The number of hydrogen-bond acceptors (Lipinski definition) is 6. The first kappa shape index (κ1) is 25.6. The van der Waals surface area contributed by atoms with Crippen molar-refractivity contribution in [3.05, 3.63) is 12.2 Å². The van der Waals surface area contributed by atoms with E-state index in [-0.39, 0.29) is 36.1 Å². The molecule has 0 aromatic rings. The second-order valence-corrected chi connectivity index (χ2v) is 11.4. The normalized spacial score (nSPS) is 38.4. The lowest BCUT2D eigenvalue weighted by atomic mass is 9.75. The number of rotatable bonds is 8. The van der Waals surface area contributed by atoms with Gasteiger partial charge in [0.1, 0.15) is 0 Å².